The predicted octanol–water partition coefficient (Wildman–Crippen LogP) is 5.35. The Morgan fingerprint density at radius 3 is 2.82 bits per heavy atom. The molecule has 6 rings (SSSR count). The van der Waals surface area contributed by atoms with Crippen molar-refractivity contribution in [2.45, 2.75) is 6.54 Å². The van der Waals surface area contributed by atoms with Gasteiger partial charge in [-0.3, -0.25) is 10.1 Å². The Bertz CT molecular complexity index is 1580. The van der Waals surface area contributed by atoms with E-state index in [2.05, 4.69) is 79.9 Å². The number of thiophene rings is 1. The molecule has 0 bridgehead atoms. The first-order valence-electron chi connectivity index (χ1n) is 10.6. The van der Waals surface area contributed by atoms with E-state index >= 15 is 0 Å². The lowest BCUT2D eigenvalue weighted by atomic mass is 10.0. The number of fused-ring (bicyclic) bond motifs is 2. The summed E-state index contributed by atoms with van der Waals surface area (Å²) >= 11 is 1.69. The van der Waals surface area contributed by atoms with Gasteiger partial charge in [0.15, 0.2) is 11.5 Å². The fraction of sp³-hybridized carbons (Fsp3) is 0.120. The average Bonchev–Trinajstić information content (AvgIpc) is 3.57. The van der Waals surface area contributed by atoms with E-state index < -0.39 is 0 Å². The van der Waals surface area contributed by atoms with Crippen LogP contribution in [0.1, 0.15) is 5.56 Å². The fourth-order valence-electron chi connectivity index (χ4n) is 4.12. The van der Waals surface area contributed by atoms with Crippen molar-refractivity contribution in [3.05, 3.63) is 72.0 Å². The van der Waals surface area contributed by atoms with Crippen molar-refractivity contribution in [3.8, 4) is 33.1 Å². The average molecular weight is 452 g/mol. The molecule has 2 N–H and O–H groups in total. The third-order valence-corrected chi connectivity index (χ3v) is 6.49. The molecule has 0 radical (unpaired) electrons. The van der Waals surface area contributed by atoms with Gasteiger partial charge in [-0.1, -0.05) is 12.1 Å². The second-order valence-electron chi connectivity index (χ2n) is 8.27. The Kier molecular flexibility index (Phi) is 4.74. The van der Waals surface area contributed by atoms with Crippen molar-refractivity contribution in [1.29, 1.82) is 0 Å². The molecule has 0 saturated carbocycles. The van der Waals surface area contributed by atoms with E-state index in [0.717, 1.165) is 51.0 Å². The van der Waals surface area contributed by atoms with E-state index in [1.54, 1.807) is 11.3 Å². The zero-order valence-corrected chi connectivity index (χ0v) is 19.0. The molecule has 0 aliphatic rings. The topological polar surface area (TPSA) is 86.4 Å². The summed E-state index contributed by atoms with van der Waals surface area (Å²) in [5, 5.41) is 10.8. The van der Waals surface area contributed by atoms with Crippen molar-refractivity contribution in [2.75, 3.05) is 14.1 Å². The third kappa shape index (κ3) is 3.59. The number of aromatic nitrogens is 6. The van der Waals surface area contributed by atoms with Gasteiger partial charge in [0.25, 0.3) is 0 Å². The van der Waals surface area contributed by atoms with Crippen LogP contribution in [-0.2, 0) is 6.54 Å². The molecular weight excluding hydrogens is 430 g/mol. The quantitative estimate of drug-likeness (QED) is 0.369. The van der Waals surface area contributed by atoms with Crippen LogP contribution in [-0.4, -0.2) is 49.1 Å². The number of hydrogen-bond donors (Lipinski definition) is 2. The van der Waals surface area contributed by atoms with Gasteiger partial charge in [0.1, 0.15) is 11.2 Å². The summed E-state index contributed by atoms with van der Waals surface area (Å²) in [5.74, 6) is 0.699. The van der Waals surface area contributed by atoms with Gasteiger partial charge in [0.05, 0.1) is 5.52 Å². The van der Waals surface area contributed by atoms with Crippen LogP contribution >= 0.6 is 11.3 Å². The van der Waals surface area contributed by atoms with Crippen LogP contribution in [0.5, 0.6) is 0 Å². The van der Waals surface area contributed by atoms with Crippen LogP contribution in [0, 0.1) is 0 Å². The molecule has 162 valence electrons. The van der Waals surface area contributed by atoms with Crippen LogP contribution in [0.3, 0.4) is 0 Å². The third-order valence-electron chi connectivity index (χ3n) is 5.59. The maximum Gasteiger partial charge on any atom is 0.160 e. The Balaban J connectivity index is 1.45. The highest BCUT2D eigenvalue weighted by Crippen LogP contribution is 2.33. The summed E-state index contributed by atoms with van der Waals surface area (Å²) in [5.41, 5.74) is 7.75. The monoisotopic (exact) mass is 451 g/mol. The van der Waals surface area contributed by atoms with Crippen LogP contribution in [0.15, 0.2) is 66.4 Å². The molecule has 6 aromatic rings. The molecule has 0 atom stereocenters. The van der Waals surface area contributed by atoms with E-state index in [4.69, 9.17) is 4.98 Å². The zero-order valence-electron chi connectivity index (χ0n) is 18.2. The molecule has 7 nitrogen and oxygen atoms in total. The normalized spacial score (nSPS) is 11.7. The van der Waals surface area contributed by atoms with Gasteiger partial charge in [0.2, 0.25) is 0 Å². The van der Waals surface area contributed by atoms with Crippen LogP contribution in [0.4, 0.5) is 0 Å². The van der Waals surface area contributed by atoms with Crippen LogP contribution in [0.25, 0.3) is 55.2 Å². The predicted molar refractivity (Wildman–Crippen MR) is 133 cm³/mol. The van der Waals surface area contributed by atoms with E-state index in [1.165, 1.54) is 10.4 Å². The highest BCUT2D eigenvalue weighted by molar-refractivity contribution is 7.13. The maximum absolute atomic E-state index is 4.90. The van der Waals surface area contributed by atoms with E-state index in [0.29, 0.717) is 5.82 Å². The smallest absolute Gasteiger partial charge is 0.160 e. The minimum atomic E-state index is 0.699. The number of H-pyrrole nitrogens is 2. The SMILES string of the molecule is CN(C)Cc1cncc(-c2ccc3[nH]nc(-c4nc5c(-c6cccs6)ccnc5[nH]4)c3c2)c1. The van der Waals surface area contributed by atoms with Gasteiger partial charge < -0.3 is 9.88 Å². The van der Waals surface area contributed by atoms with Crippen molar-refractivity contribution >= 4 is 33.4 Å². The number of imidazole rings is 1. The van der Waals surface area contributed by atoms with E-state index in [-0.39, 0.29) is 0 Å². The minimum Gasteiger partial charge on any atom is -0.321 e. The highest BCUT2D eigenvalue weighted by Gasteiger charge is 2.16. The molecule has 5 aromatic heterocycles. The summed E-state index contributed by atoms with van der Waals surface area (Å²) < 4.78 is 0. The van der Waals surface area contributed by atoms with Gasteiger partial charge in [-0.25, -0.2) is 9.97 Å². The lowest BCUT2D eigenvalue weighted by Crippen LogP contribution is -2.10. The molecule has 5 heterocycles. The largest absolute Gasteiger partial charge is 0.321 e. The van der Waals surface area contributed by atoms with Gasteiger partial charge in [-0.2, -0.15) is 5.10 Å². The first-order valence-corrected chi connectivity index (χ1v) is 11.5. The number of rotatable bonds is 5. The molecule has 1 aromatic carbocycles. The number of pyridine rings is 2. The molecule has 0 aliphatic carbocycles. The molecule has 0 unspecified atom stereocenters. The molecule has 0 amide bonds. The number of nitrogens with one attached hydrogen (secondary N) is 2. The summed E-state index contributed by atoms with van der Waals surface area (Å²) in [6.45, 7) is 0.846. The highest BCUT2D eigenvalue weighted by atomic mass is 32.1. The van der Waals surface area contributed by atoms with Crippen LogP contribution < -0.4 is 0 Å². The number of aromatic amines is 2. The number of nitrogens with zero attached hydrogens (tertiary/aromatic N) is 5. The van der Waals surface area contributed by atoms with Gasteiger partial charge in [-0.05, 0) is 60.9 Å². The van der Waals surface area contributed by atoms with Crippen molar-refractivity contribution < 1.29 is 0 Å². The second kappa shape index (κ2) is 7.91. The molecule has 0 aliphatic heterocycles. The van der Waals surface area contributed by atoms with Crippen molar-refractivity contribution in [2.24, 2.45) is 0 Å². The first-order chi connectivity index (χ1) is 16.2. The summed E-state index contributed by atoms with van der Waals surface area (Å²) in [6.07, 6.45) is 5.63. The minimum absolute atomic E-state index is 0.699. The Morgan fingerprint density at radius 1 is 1.03 bits per heavy atom. The fourth-order valence-corrected chi connectivity index (χ4v) is 4.88. The molecule has 0 spiro atoms. The lowest BCUT2D eigenvalue weighted by Gasteiger charge is -2.10. The van der Waals surface area contributed by atoms with Gasteiger partial charge in [-0.15, -0.1) is 11.3 Å². The van der Waals surface area contributed by atoms with Gasteiger partial charge >= 0.3 is 0 Å². The zero-order chi connectivity index (χ0) is 22.4. The molecule has 0 fully saturated rings. The Labute approximate surface area is 194 Å². The second-order valence-corrected chi connectivity index (χ2v) is 9.22. The summed E-state index contributed by atoms with van der Waals surface area (Å²) in [6, 6.07) is 14.6. The maximum atomic E-state index is 4.90. The Morgan fingerprint density at radius 2 is 1.97 bits per heavy atom. The number of hydrogen-bond acceptors (Lipinski definition) is 6. The summed E-state index contributed by atoms with van der Waals surface area (Å²) in [7, 11) is 4.12. The Hall–Kier alpha value is -3.88. The first kappa shape index (κ1) is 19.8. The molecule has 33 heavy (non-hydrogen) atoms. The van der Waals surface area contributed by atoms with Crippen LogP contribution in [0.2, 0.25) is 0 Å². The van der Waals surface area contributed by atoms with Gasteiger partial charge in [0, 0.05) is 46.5 Å². The lowest BCUT2D eigenvalue weighted by molar-refractivity contribution is 0.402. The molecule has 8 heteroatoms. The van der Waals surface area contributed by atoms with E-state index in [1.807, 2.05) is 30.7 Å². The van der Waals surface area contributed by atoms with Crippen molar-refractivity contribution in [3.63, 3.8) is 0 Å². The van der Waals surface area contributed by atoms with Crippen molar-refractivity contribution in [1.82, 2.24) is 35.0 Å². The standard InChI is InChI=1S/C25H21N7S/c1-32(2)14-15-10-17(13-26-12-15)16-5-6-20-19(11-16)23(31-30-20)25-28-22-18(21-4-3-9-33-21)7-8-27-24(22)29-25/h3-13H,14H2,1-2H3,(H,30,31)(H,27,28,29). The molecule has 0 saturated heterocycles. The number of benzene rings is 1. The molecular formula is C25H21N7S. The summed E-state index contributed by atoms with van der Waals surface area (Å²) in [4.78, 5) is 20.5. The van der Waals surface area contributed by atoms with E-state index in [9.17, 15) is 0 Å².